The molecule has 0 atom stereocenters. The van der Waals surface area contributed by atoms with Gasteiger partial charge < -0.3 is 14.6 Å². The van der Waals surface area contributed by atoms with Crippen molar-refractivity contribution in [2.45, 2.75) is 0 Å². The summed E-state index contributed by atoms with van der Waals surface area (Å²) in [5.41, 5.74) is 0.511. The summed E-state index contributed by atoms with van der Waals surface area (Å²) in [5, 5.41) is 9.49. The van der Waals surface area contributed by atoms with Crippen molar-refractivity contribution in [3.63, 3.8) is 0 Å². The summed E-state index contributed by atoms with van der Waals surface area (Å²) in [5.74, 6) is -1.29. The first-order chi connectivity index (χ1) is 10.2. The molecule has 5 nitrogen and oxygen atoms in total. The molecular weight excluding hydrogens is 272 g/mol. The molecule has 0 aliphatic heterocycles. The Morgan fingerprint density at radius 3 is 2.05 bits per heavy atom. The van der Waals surface area contributed by atoms with E-state index in [1.54, 1.807) is 42.5 Å². The van der Waals surface area contributed by atoms with Crippen LogP contribution in [-0.4, -0.2) is 30.3 Å². The Labute approximate surface area is 121 Å². The predicted octanol–water partition coefficient (Wildman–Crippen LogP) is 2.41. The molecule has 0 radical (unpaired) electrons. The molecule has 2 aromatic carbocycles. The van der Waals surface area contributed by atoms with Gasteiger partial charge in [-0.15, -0.1) is 0 Å². The Balaban J connectivity index is 1.76. The van der Waals surface area contributed by atoms with Crippen LogP contribution < -0.4 is 0 Å². The van der Waals surface area contributed by atoms with Crippen LogP contribution >= 0.6 is 0 Å². The van der Waals surface area contributed by atoms with Gasteiger partial charge in [-0.25, -0.2) is 9.59 Å². The lowest BCUT2D eigenvalue weighted by atomic mass is 10.2. The molecule has 1 N–H and O–H groups in total. The molecule has 0 saturated heterocycles. The van der Waals surface area contributed by atoms with Crippen molar-refractivity contribution in [3.05, 3.63) is 65.7 Å². The first kappa shape index (κ1) is 14.6. The van der Waals surface area contributed by atoms with E-state index in [0.29, 0.717) is 5.56 Å². The lowest BCUT2D eigenvalue weighted by molar-refractivity contribution is 0.0264. The van der Waals surface area contributed by atoms with Crippen molar-refractivity contribution in [2.24, 2.45) is 0 Å². The number of phenolic OH excluding ortho intramolecular Hbond substituents is 1. The van der Waals surface area contributed by atoms with Gasteiger partial charge in [0.25, 0.3) is 0 Å². The fraction of sp³-hybridized carbons (Fsp3) is 0.125. The molecule has 0 saturated carbocycles. The quantitative estimate of drug-likeness (QED) is 0.675. The van der Waals surface area contributed by atoms with Gasteiger partial charge in [-0.05, 0) is 24.3 Å². The highest BCUT2D eigenvalue weighted by Crippen LogP contribution is 2.16. The Hall–Kier alpha value is -2.82. The molecule has 0 aliphatic rings. The summed E-state index contributed by atoms with van der Waals surface area (Å²) in [6.07, 6.45) is 0. The average Bonchev–Trinajstić information content (AvgIpc) is 2.52. The van der Waals surface area contributed by atoms with Gasteiger partial charge in [-0.3, -0.25) is 0 Å². The summed E-state index contributed by atoms with van der Waals surface area (Å²) in [6, 6.07) is 14.6. The fourth-order valence-corrected chi connectivity index (χ4v) is 1.65. The number of carbonyl (C=O) groups excluding carboxylic acids is 2. The maximum Gasteiger partial charge on any atom is 0.342 e. The number of esters is 2. The Morgan fingerprint density at radius 2 is 1.38 bits per heavy atom. The van der Waals surface area contributed by atoms with Crippen LogP contribution in [0.2, 0.25) is 0 Å². The number of hydrogen-bond donors (Lipinski definition) is 1. The summed E-state index contributed by atoms with van der Waals surface area (Å²) < 4.78 is 9.88. The Bertz CT molecular complexity index is 622. The van der Waals surface area contributed by atoms with E-state index in [9.17, 15) is 14.7 Å². The topological polar surface area (TPSA) is 72.8 Å². The number of rotatable bonds is 5. The largest absolute Gasteiger partial charge is 0.507 e. The van der Waals surface area contributed by atoms with Crippen LogP contribution in [0, 0.1) is 0 Å². The van der Waals surface area contributed by atoms with Crippen molar-refractivity contribution < 1.29 is 24.2 Å². The monoisotopic (exact) mass is 286 g/mol. The zero-order valence-electron chi connectivity index (χ0n) is 11.2. The number of carbonyl (C=O) groups is 2. The van der Waals surface area contributed by atoms with Crippen LogP contribution in [0.4, 0.5) is 0 Å². The second-order valence-electron chi connectivity index (χ2n) is 4.16. The van der Waals surface area contributed by atoms with E-state index >= 15 is 0 Å². The third kappa shape index (κ3) is 4.07. The van der Waals surface area contributed by atoms with Crippen LogP contribution in [-0.2, 0) is 9.47 Å². The average molecular weight is 286 g/mol. The minimum atomic E-state index is -0.663. The van der Waals surface area contributed by atoms with E-state index in [2.05, 4.69) is 0 Å². The number of para-hydroxylation sites is 1. The molecule has 0 fully saturated rings. The molecule has 21 heavy (non-hydrogen) atoms. The summed E-state index contributed by atoms with van der Waals surface area (Å²) in [7, 11) is 0. The van der Waals surface area contributed by atoms with E-state index in [0.717, 1.165) is 0 Å². The third-order valence-corrected chi connectivity index (χ3v) is 2.68. The van der Waals surface area contributed by atoms with Crippen molar-refractivity contribution in [3.8, 4) is 5.75 Å². The van der Waals surface area contributed by atoms with Crippen molar-refractivity contribution in [2.75, 3.05) is 13.2 Å². The third-order valence-electron chi connectivity index (χ3n) is 2.68. The number of aromatic hydroxyl groups is 1. The molecule has 0 aliphatic carbocycles. The highest BCUT2D eigenvalue weighted by molar-refractivity contribution is 5.92. The van der Waals surface area contributed by atoms with E-state index in [1.807, 2.05) is 0 Å². The van der Waals surface area contributed by atoms with E-state index in [1.165, 1.54) is 12.1 Å². The van der Waals surface area contributed by atoms with Crippen molar-refractivity contribution >= 4 is 11.9 Å². The Morgan fingerprint density at radius 1 is 0.810 bits per heavy atom. The molecule has 2 aromatic rings. The van der Waals surface area contributed by atoms with Crippen LogP contribution in [0.1, 0.15) is 20.7 Å². The summed E-state index contributed by atoms with van der Waals surface area (Å²) >= 11 is 0. The molecule has 0 aromatic heterocycles. The molecule has 0 unspecified atom stereocenters. The first-order valence-electron chi connectivity index (χ1n) is 6.36. The van der Waals surface area contributed by atoms with E-state index in [4.69, 9.17) is 9.47 Å². The summed E-state index contributed by atoms with van der Waals surface area (Å²) in [4.78, 5) is 23.3. The smallest absolute Gasteiger partial charge is 0.342 e. The molecule has 0 bridgehead atoms. The fourth-order valence-electron chi connectivity index (χ4n) is 1.65. The van der Waals surface area contributed by atoms with Gasteiger partial charge in [0, 0.05) is 0 Å². The number of ether oxygens (including phenoxy) is 2. The van der Waals surface area contributed by atoms with Crippen LogP contribution in [0.5, 0.6) is 5.75 Å². The van der Waals surface area contributed by atoms with Crippen molar-refractivity contribution in [1.82, 2.24) is 0 Å². The lowest BCUT2D eigenvalue weighted by Crippen LogP contribution is -2.14. The van der Waals surface area contributed by atoms with Gasteiger partial charge in [0.05, 0.1) is 5.56 Å². The summed E-state index contributed by atoms with van der Waals surface area (Å²) in [6.45, 7) is -0.126. The molecule has 108 valence electrons. The van der Waals surface area contributed by atoms with E-state index < -0.39 is 11.9 Å². The highest BCUT2D eigenvalue weighted by Gasteiger charge is 2.12. The van der Waals surface area contributed by atoms with Gasteiger partial charge in [0.1, 0.15) is 24.5 Å². The molecule has 0 heterocycles. The van der Waals surface area contributed by atoms with Gasteiger partial charge in [-0.1, -0.05) is 30.3 Å². The number of benzene rings is 2. The molecule has 0 spiro atoms. The zero-order chi connectivity index (χ0) is 15.1. The number of phenols is 1. The Kier molecular flexibility index (Phi) is 4.93. The van der Waals surface area contributed by atoms with Crippen LogP contribution in [0.15, 0.2) is 54.6 Å². The van der Waals surface area contributed by atoms with E-state index in [-0.39, 0.29) is 24.5 Å². The van der Waals surface area contributed by atoms with Gasteiger partial charge in [0.15, 0.2) is 0 Å². The minimum Gasteiger partial charge on any atom is -0.507 e. The maximum atomic E-state index is 11.7. The minimum absolute atomic E-state index is 0.0485. The zero-order valence-corrected chi connectivity index (χ0v) is 11.2. The SMILES string of the molecule is O=C(OCCOC(=O)c1ccccc1O)c1ccccc1. The standard InChI is InChI=1S/C16H14O5/c17-14-9-5-4-8-13(14)16(19)21-11-10-20-15(18)12-6-2-1-3-7-12/h1-9,17H,10-11H2. The lowest BCUT2D eigenvalue weighted by Gasteiger charge is -2.07. The van der Waals surface area contributed by atoms with Gasteiger partial charge in [-0.2, -0.15) is 0 Å². The second-order valence-corrected chi connectivity index (χ2v) is 4.16. The van der Waals surface area contributed by atoms with Crippen molar-refractivity contribution in [1.29, 1.82) is 0 Å². The van der Waals surface area contributed by atoms with Gasteiger partial charge >= 0.3 is 11.9 Å². The number of hydrogen-bond acceptors (Lipinski definition) is 5. The van der Waals surface area contributed by atoms with Gasteiger partial charge in [0.2, 0.25) is 0 Å². The second kappa shape index (κ2) is 7.09. The molecule has 5 heteroatoms. The van der Waals surface area contributed by atoms with Crippen LogP contribution in [0.3, 0.4) is 0 Å². The molecule has 2 rings (SSSR count). The first-order valence-corrected chi connectivity index (χ1v) is 6.36. The predicted molar refractivity (Wildman–Crippen MR) is 75.1 cm³/mol. The van der Waals surface area contributed by atoms with Crippen LogP contribution in [0.25, 0.3) is 0 Å². The normalized spacial score (nSPS) is 9.90. The molecular formula is C16H14O5. The maximum absolute atomic E-state index is 11.7. The highest BCUT2D eigenvalue weighted by atomic mass is 16.6. The molecule has 0 amide bonds.